The Morgan fingerprint density at radius 3 is 2.80 bits per heavy atom. The number of nitrogens with zero attached hydrogens (tertiary/aromatic N) is 5. The first kappa shape index (κ1) is 16.7. The fourth-order valence-corrected chi connectivity index (χ4v) is 4.01. The average molecular weight is 346 g/mol. The Bertz CT molecular complexity index is 693. The molecule has 1 aliphatic heterocycles. The summed E-state index contributed by atoms with van der Waals surface area (Å²) >= 11 is 0. The van der Waals surface area contributed by atoms with Gasteiger partial charge in [-0.2, -0.15) is 10.1 Å². The molecule has 2 aliphatic rings. The van der Waals surface area contributed by atoms with Crippen molar-refractivity contribution in [1.29, 1.82) is 0 Å². The minimum absolute atomic E-state index is 0.117. The molecule has 1 saturated carbocycles. The molecule has 0 aromatic carbocycles. The summed E-state index contributed by atoms with van der Waals surface area (Å²) in [5.41, 5.74) is 0. The lowest BCUT2D eigenvalue weighted by molar-refractivity contribution is 0.106. The van der Waals surface area contributed by atoms with E-state index in [4.69, 9.17) is 9.26 Å². The first-order chi connectivity index (χ1) is 12.2. The fourth-order valence-electron chi connectivity index (χ4n) is 4.01. The van der Waals surface area contributed by atoms with Crippen molar-refractivity contribution in [2.45, 2.75) is 70.1 Å². The van der Waals surface area contributed by atoms with Gasteiger partial charge in [-0.15, -0.1) is 0 Å². The Kier molecular flexibility index (Phi) is 4.80. The summed E-state index contributed by atoms with van der Waals surface area (Å²) in [6, 6.07) is 0.117. The SMILES string of the molecule is CO[C@@H]1C[C@@H](c2n[nH]c(C)n2)N(Cc2noc(C3CCCCC3)n2)C1. The second-order valence-electron chi connectivity index (χ2n) is 7.20. The van der Waals surface area contributed by atoms with Gasteiger partial charge in [0.25, 0.3) is 0 Å². The first-order valence-electron chi connectivity index (χ1n) is 9.21. The maximum atomic E-state index is 5.57. The molecule has 0 unspecified atom stereocenters. The molecule has 3 heterocycles. The van der Waals surface area contributed by atoms with Crippen molar-refractivity contribution in [1.82, 2.24) is 30.2 Å². The summed E-state index contributed by atoms with van der Waals surface area (Å²) in [4.78, 5) is 11.5. The molecule has 4 rings (SSSR count). The molecule has 1 N–H and O–H groups in total. The van der Waals surface area contributed by atoms with Gasteiger partial charge in [-0.25, -0.2) is 4.98 Å². The van der Waals surface area contributed by atoms with Crippen LogP contribution < -0.4 is 0 Å². The van der Waals surface area contributed by atoms with Crippen LogP contribution in [0.4, 0.5) is 0 Å². The first-order valence-corrected chi connectivity index (χ1v) is 9.21. The van der Waals surface area contributed by atoms with Gasteiger partial charge in [0.1, 0.15) is 5.82 Å². The number of H-pyrrole nitrogens is 1. The Morgan fingerprint density at radius 1 is 1.24 bits per heavy atom. The van der Waals surface area contributed by atoms with E-state index in [2.05, 4.69) is 30.2 Å². The molecule has 1 saturated heterocycles. The summed E-state index contributed by atoms with van der Waals surface area (Å²) in [6.45, 7) is 3.37. The highest BCUT2D eigenvalue weighted by Gasteiger charge is 2.36. The lowest BCUT2D eigenvalue weighted by Gasteiger charge is -2.20. The molecular formula is C17H26N6O2. The summed E-state index contributed by atoms with van der Waals surface area (Å²) < 4.78 is 11.1. The van der Waals surface area contributed by atoms with Gasteiger partial charge in [-0.1, -0.05) is 24.4 Å². The number of nitrogens with one attached hydrogen (secondary N) is 1. The quantitative estimate of drug-likeness (QED) is 0.889. The van der Waals surface area contributed by atoms with Gasteiger partial charge in [0.05, 0.1) is 18.7 Å². The maximum Gasteiger partial charge on any atom is 0.229 e. The molecule has 2 aromatic heterocycles. The number of aromatic nitrogens is 5. The van der Waals surface area contributed by atoms with Crippen molar-refractivity contribution >= 4 is 0 Å². The van der Waals surface area contributed by atoms with Crippen LogP contribution in [0, 0.1) is 6.92 Å². The van der Waals surface area contributed by atoms with Gasteiger partial charge in [0, 0.05) is 19.6 Å². The minimum atomic E-state index is 0.117. The van der Waals surface area contributed by atoms with Crippen LogP contribution in [0.2, 0.25) is 0 Å². The Balaban J connectivity index is 1.47. The van der Waals surface area contributed by atoms with E-state index < -0.39 is 0 Å². The van der Waals surface area contributed by atoms with E-state index in [1.807, 2.05) is 6.92 Å². The lowest BCUT2D eigenvalue weighted by Crippen LogP contribution is -2.26. The van der Waals surface area contributed by atoms with E-state index in [0.717, 1.165) is 49.2 Å². The van der Waals surface area contributed by atoms with Crippen molar-refractivity contribution in [3.05, 3.63) is 23.4 Å². The third-order valence-electron chi connectivity index (χ3n) is 5.39. The Labute approximate surface area is 147 Å². The molecule has 0 spiro atoms. The molecule has 0 radical (unpaired) electrons. The highest BCUT2D eigenvalue weighted by Crippen LogP contribution is 2.34. The van der Waals surface area contributed by atoms with Crippen molar-refractivity contribution < 1.29 is 9.26 Å². The number of rotatable bonds is 5. The monoisotopic (exact) mass is 346 g/mol. The Hall–Kier alpha value is -1.80. The molecule has 0 amide bonds. The molecule has 2 aromatic rings. The van der Waals surface area contributed by atoms with Crippen LogP contribution in [0.5, 0.6) is 0 Å². The second kappa shape index (κ2) is 7.21. The van der Waals surface area contributed by atoms with E-state index in [-0.39, 0.29) is 12.1 Å². The predicted molar refractivity (Wildman–Crippen MR) is 89.8 cm³/mol. The zero-order chi connectivity index (χ0) is 17.2. The topological polar surface area (TPSA) is 93.0 Å². The fraction of sp³-hybridized carbons (Fsp3) is 0.765. The van der Waals surface area contributed by atoms with Crippen molar-refractivity contribution in [3.63, 3.8) is 0 Å². The minimum Gasteiger partial charge on any atom is -0.380 e. The summed E-state index contributed by atoms with van der Waals surface area (Å²) in [6.07, 6.45) is 7.22. The molecule has 2 fully saturated rings. The van der Waals surface area contributed by atoms with Gasteiger partial charge in [-0.3, -0.25) is 10.00 Å². The average Bonchev–Trinajstić information content (AvgIpc) is 3.36. The van der Waals surface area contributed by atoms with E-state index in [1.165, 1.54) is 19.3 Å². The number of hydrogen-bond donors (Lipinski definition) is 1. The molecule has 2 atom stereocenters. The standard InChI is InChI=1S/C17H26N6O2/c1-11-18-16(21-20-11)14-8-13(24-2)9-23(14)10-15-19-17(25-22-15)12-6-4-3-5-7-12/h12-14H,3-10H2,1-2H3,(H,18,20,21)/t13-,14+/m1/s1. The normalized spacial score (nSPS) is 25.7. The number of ether oxygens (including phenoxy) is 1. The summed E-state index contributed by atoms with van der Waals surface area (Å²) in [5.74, 6) is 3.63. The van der Waals surface area contributed by atoms with Crippen molar-refractivity contribution in [3.8, 4) is 0 Å². The number of hydrogen-bond acceptors (Lipinski definition) is 7. The number of methoxy groups -OCH3 is 1. The highest BCUT2D eigenvalue weighted by atomic mass is 16.5. The van der Waals surface area contributed by atoms with Gasteiger partial charge in [0.15, 0.2) is 11.6 Å². The van der Waals surface area contributed by atoms with Gasteiger partial charge >= 0.3 is 0 Å². The largest absolute Gasteiger partial charge is 0.380 e. The number of aryl methyl sites for hydroxylation is 1. The van der Waals surface area contributed by atoms with Crippen LogP contribution in [-0.4, -0.2) is 50.0 Å². The molecule has 25 heavy (non-hydrogen) atoms. The number of aromatic amines is 1. The zero-order valence-corrected chi connectivity index (χ0v) is 14.9. The van der Waals surface area contributed by atoms with Crippen LogP contribution >= 0.6 is 0 Å². The molecular weight excluding hydrogens is 320 g/mol. The predicted octanol–water partition coefficient (Wildman–Crippen LogP) is 2.51. The third kappa shape index (κ3) is 3.59. The third-order valence-corrected chi connectivity index (χ3v) is 5.39. The lowest BCUT2D eigenvalue weighted by atomic mass is 9.89. The van der Waals surface area contributed by atoms with Crippen LogP contribution in [0.15, 0.2) is 4.52 Å². The van der Waals surface area contributed by atoms with Crippen molar-refractivity contribution in [2.24, 2.45) is 0 Å². The van der Waals surface area contributed by atoms with Crippen LogP contribution in [0.1, 0.15) is 73.8 Å². The van der Waals surface area contributed by atoms with Crippen LogP contribution in [0.3, 0.4) is 0 Å². The molecule has 0 bridgehead atoms. The number of likely N-dealkylation sites (tertiary alicyclic amines) is 1. The van der Waals surface area contributed by atoms with Crippen LogP contribution in [-0.2, 0) is 11.3 Å². The molecule has 8 heteroatoms. The summed E-state index contributed by atoms with van der Waals surface area (Å²) in [7, 11) is 1.75. The zero-order valence-electron chi connectivity index (χ0n) is 14.9. The smallest absolute Gasteiger partial charge is 0.229 e. The van der Waals surface area contributed by atoms with Crippen LogP contribution in [0.25, 0.3) is 0 Å². The van der Waals surface area contributed by atoms with E-state index in [1.54, 1.807) is 7.11 Å². The van der Waals surface area contributed by atoms with E-state index in [0.29, 0.717) is 12.5 Å². The highest BCUT2D eigenvalue weighted by molar-refractivity contribution is 5.03. The van der Waals surface area contributed by atoms with E-state index in [9.17, 15) is 0 Å². The maximum absolute atomic E-state index is 5.57. The van der Waals surface area contributed by atoms with Gasteiger partial charge in [-0.05, 0) is 26.2 Å². The molecule has 1 aliphatic carbocycles. The van der Waals surface area contributed by atoms with Gasteiger partial charge < -0.3 is 9.26 Å². The Morgan fingerprint density at radius 2 is 2.08 bits per heavy atom. The molecule has 8 nitrogen and oxygen atoms in total. The van der Waals surface area contributed by atoms with E-state index >= 15 is 0 Å². The second-order valence-corrected chi connectivity index (χ2v) is 7.20. The summed E-state index contributed by atoms with van der Waals surface area (Å²) in [5, 5.41) is 11.5. The van der Waals surface area contributed by atoms with Gasteiger partial charge in [0.2, 0.25) is 5.89 Å². The molecule has 136 valence electrons. The van der Waals surface area contributed by atoms with Crippen molar-refractivity contribution in [2.75, 3.05) is 13.7 Å².